The zero-order chi connectivity index (χ0) is 15.6. The summed E-state index contributed by atoms with van der Waals surface area (Å²) >= 11 is 0. The van der Waals surface area contributed by atoms with Gasteiger partial charge in [-0.3, -0.25) is 14.9 Å². The summed E-state index contributed by atoms with van der Waals surface area (Å²) in [5.74, 6) is -2.84. The molecule has 2 aromatic carbocycles. The van der Waals surface area contributed by atoms with Gasteiger partial charge in [-0.25, -0.2) is 8.78 Å². The van der Waals surface area contributed by atoms with Crippen molar-refractivity contribution >= 4 is 23.0 Å². The number of benzene rings is 2. The van der Waals surface area contributed by atoms with E-state index in [0.717, 1.165) is 12.1 Å². The predicted octanol–water partition coefficient (Wildman–Crippen LogP) is 2.71. The van der Waals surface area contributed by atoms with Gasteiger partial charge < -0.3 is 11.1 Å². The molecule has 0 saturated carbocycles. The van der Waals surface area contributed by atoms with E-state index < -0.39 is 28.2 Å². The van der Waals surface area contributed by atoms with Crippen LogP contribution in [0.4, 0.5) is 25.8 Å². The number of carbonyl (C=O) groups excluding carboxylic acids is 1. The summed E-state index contributed by atoms with van der Waals surface area (Å²) in [6.45, 7) is 0. The first-order valence-electron chi connectivity index (χ1n) is 5.69. The van der Waals surface area contributed by atoms with E-state index in [2.05, 4.69) is 5.32 Å². The third kappa shape index (κ3) is 3.11. The number of nitro benzene ring substituents is 1. The molecule has 0 saturated heterocycles. The van der Waals surface area contributed by atoms with E-state index in [4.69, 9.17) is 5.73 Å². The summed E-state index contributed by atoms with van der Waals surface area (Å²) in [5.41, 5.74) is 4.30. The number of nitrogens with one attached hydrogen (secondary N) is 1. The summed E-state index contributed by atoms with van der Waals surface area (Å²) < 4.78 is 26.5. The number of non-ortho nitro benzene ring substituents is 1. The molecule has 0 fully saturated rings. The number of rotatable bonds is 3. The first kappa shape index (κ1) is 14.4. The first-order chi connectivity index (χ1) is 9.88. The van der Waals surface area contributed by atoms with E-state index in [1.807, 2.05) is 0 Å². The standard InChI is InChI=1S/C13H9F2N3O3/c14-10-5-7(6-11(15)12(10)16)13(19)17-8-1-3-9(4-2-8)18(20)21/h1-6H,16H2,(H,17,19). The minimum atomic E-state index is -1.04. The SMILES string of the molecule is Nc1c(F)cc(C(=O)Nc2ccc([N+](=O)[O-])cc2)cc1F. The van der Waals surface area contributed by atoms with Crippen LogP contribution in [0, 0.1) is 21.7 Å². The molecule has 0 aliphatic rings. The molecule has 0 aromatic heterocycles. The Balaban J connectivity index is 2.20. The number of nitrogens with zero attached hydrogens (tertiary/aromatic N) is 1. The van der Waals surface area contributed by atoms with Crippen molar-refractivity contribution in [1.29, 1.82) is 0 Å². The highest BCUT2D eigenvalue weighted by Crippen LogP contribution is 2.19. The molecule has 8 heteroatoms. The lowest BCUT2D eigenvalue weighted by atomic mass is 10.1. The number of nitrogens with two attached hydrogens (primary N) is 1. The molecule has 1 amide bonds. The van der Waals surface area contributed by atoms with Crippen LogP contribution in [0.2, 0.25) is 0 Å². The zero-order valence-electron chi connectivity index (χ0n) is 10.5. The lowest BCUT2D eigenvalue weighted by Gasteiger charge is -2.06. The molecule has 0 aliphatic heterocycles. The van der Waals surface area contributed by atoms with Crippen LogP contribution in [0.5, 0.6) is 0 Å². The average Bonchev–Trinajstić information content (AvgIpc) is 2.44. The summed E-state index contributed by atoms with van der Waals surface area (Å²) in [6.07, 6.45) is 0. The zero-order valence-corrected chi connectivity index (χ0v) is 10.5. The number of anilines is 2. The molecule has 0 radical (unpaired) electrons. The topological polar surface area (TPSA) is 98.3 Å². The molecule has 108 valence electrons. The molecule has 2 rings (SSSR count). The fourth-order valence-corrected chi connectivity index (χ4v) is 1.59. The lowest BCUT2D eigenvalue weighted by molar-refractivity contribution is -0.384. The van der Waals surface area contributed by atoms with Crippen LogP contribution in [0.25, 0.3) is 0 Å². The predicted molar refractivity (Wildman–Crippen MR) is 71.8 cm³/mol. The Morgan fingerprint density at radius 3 is 2.14 bits per heavy atom. The van der Waals surface area contributed by atoms with Crippen molar-refractivity contribution in [3.63, 3.8) is 0 Å². The van der Waals surface area contributed by atoms with Gasteiger partial charge in [0.05, 0.1) is 4.92 Å². The average molecular weight is 293 g/mol. The van der Waals surface area contributed by atoms with Crippen LogP contribution in [0.1, 0.15) is 10.4 Å². The fraction of sp³-hybridized carbons (Fsp3) is 0. The van der Waals surface area contributed by atoms with E-state index in [1.165, 1.54) is 24.3 Å². The van der Waals surface area contributed by atoms with E-state index >= 15 is 0 Å². The highest BCUT2D eigenvalue weighted by atomic mass is 19.1. The van der Waals surface area contributed by atoms with Crippen LogP contribution >= 0.6 is 0 Å². The third-order valence-electron chi connectivity index (χ3n) is 2.68. The van der Waals surface area contributed by atoms with E-state index in [0.29, 0.717) is 0 Å². The molecular formula is C13H9F2N3O3. The van der Waals surface area contributed by atoms with Crippen molar-refractivity contribution in [2.75, 3.05) is 11.1 Å². The smallest absolute Gasteiger partial charge is 0.269 e. The Morgan fingerprint density at radius 2 is 1.67 bits per heavy atom. The van der Waals surface area contributed by atoms with Crippen molar-refractivity contribution in [2.24, 2.45) is 0 Å². The number of amides is 1. The monoisotopic (exact) mass is 293 g/mol. The Bertz CT molecular complexity index is 694. The Morgan fingerprint density at radius 1 is 1.14 bits per heavy atom. The largest absolute Gasteiger partial charge is 0.394 e. The van der Waals surface area contributed by atoms with Crippen molar-refractivity contribution in [2.45, 2.75) is 0 Å². The van der Waals surface area contributed by atoms with Gasteiger partial charge in [0.2, 0.25) is 0 Å². The van der Waals surface area contributed by atoms with Gasteiger partial charge in [-0.1, -0.05) is 0 Å². The molecular weight excluding hydrogens is 284 g/mol. The Hall–Kier alpha value is -3.03. The molecule has 0 unspecified atom stereocenters. The van der Waals surface area contributed by atoms with Crippen LogP contribution in [0.15, 0.2) is 36.4 Å². The molecule has 21 heavy (non-hydrogen) atoms. The maximum atomic E-state index is 13.3. The van der Waals surface area contributed by atoms with E-state index in [-0.39, 0.29) is 16.9 Å². The van der Waals surface area contributed by atoms with Crippen molar-refractivity contribution in [3.05, 3.63) is 63.7 Å². The quantitative estimate of drug-likeness (QED) is 0.516. The number of hydrogen-bond donors (Lipinski definition) is 2. The molecule has 0 atom stereocenters. The fourth-order valence-electron chi connectivity index (χ4n) is 1.59. The van der Waals surface area contributed by atoms with Gasteiger partial charge >= 0.3 is 0 Å². The highest BCUT2D eigenvalue weighted by Gasteiger charge is 2.14. The van der Waals surface area contributed by atoms with Gasteiger partial charge in [0.1, 0.15) is 17.3 Å². The molecule has 6 nitrogen and oxygen atoms in total. The number of carbonyl (C=O) groups is 1. The second-order valence-electron chi connectivity index (χ2n) is 4.11. The Labute approximate surface area is 117 Å². The van der Waals surface area contributed by atoms with Crippen molar-refractivity contribution in [1.82, 2.24) is 0 Å². The minimum Gasteiger partial charge on any atom is -0.394 e. The Kier molecular flexibility index (Phi) is 3.79. The second-order valence-corrected chi connectivity index (χ2v) is 4.11. The molecule has 0 bridgehead atoms. The van der Waals surface area contributed by atoms with Crippen molar-refractivity contribution < 1.29 is 18.5 Å². The lowest BCUT2D eigenvalue weighted by Crippen LogP contribution is -2.13. The van der Waals surface area contributed by atoms with E-state index in [9.17, 15) is 23.7 Å². The number of hydrogen-bond acceptors (Lipinski definition) is 4. The molecule has 0 spiro atoms. The summed E-state index contributed by atoms with van der Waals surface area (Å²) in [6, 6.07) is 6.61. The summed E-state index contributed by atoms with van der Waals surface area (Å²) in [5, 5.41) is 12.8. The highest BCUT2D eigenvalue weighted by molar-refractivity contribution is 6.04. The van der Waals surface area contributed by atoms with Crippen LogP contribution in [-0.2, 0) is 0 Å². The summed E-state index contributed by atoms with van der Waals surface area (Å²) in [4.78, 5) is 21.7. The van der Waals surface area contributed by atoms with Gasteiger partial charge in [0.15, 0.2) is 0 Å². The maximum Gasteiger partial charge on any atom is 0.269 e. The molecule has 0 aliphatic carbocycles. The third-order valence-corrected chi connectivity index (χ3v) is 2.68. The number of halogens is 2. The van der Waals surface area contributed by atoms with Crippen molar-refractivity contribution in [3.8, 4) is 0 Å². The van der Waals surface area contributed by atoms with Gasteiger partial charge in [0.25, 0.3) is 11.6 Å². The maximum absolute atomic E-state index is 13.3. The summed E-state index contributed by atoms with van der Waals surface area (Å²) in [7, 11) is 0. The van der Waals surface area contributed by atoms with Gasteiger partial charge in [-0.15, -0.1) is 0 Å². The number of nitro groups is 1. The van der Waals surface area contributed by atoms with Gasteiger partial charge in [-0.2, -0.15) is 0 Å². The number of nitrogen functional groups attached to an aromatic ring is 1. The van der Waals surface area contributed by atoms with Gasteiger partial charge in [0, 0.05) is 23.4 Å². The second kappa shape index (κ2) is 5.53. The molecule has 0 heterocycles. The normalized spacial score (nSPS) is 10.2. The minimum absolute atomic E-state index is 0.141. The van der Waals surface area contributed by atoms with Gasteiger partial charge in [-0.05, 0) is 24.3 Å². The molecule has 2 aromatic rings. The van der Waals surface area contributed by atoms with E-state index in [1.54, 1.807) is 0 Å². The molecule has 3 N–H and O–H groups in total. The first-order valence-corrected chi connectivity index (χ1v) is 5.69. The van der Waals surface area contributed by atoms with Crippen LogP contribution in [0.3, 0.4) is 0 Å². The van der Waals surface area contributed by atoms with Crippen LogP contribution in [-0.4, -0.2) is 10.8 Å². The van der Waals surface area contributed by atoms with Crippen LogP contribution < -0.4 is 11.1 Å².